The Morgan fingerprint density at radius 3 is 2.89 bits per heavy atom. The monoisotopic (exact) mass is 258 g/mol. The molecule has 2 aliphatic rings. The number of benzene rings is 1. The number of amides is 1. The first-order valence-corrected chi connectivity index (χ1v) is 7.42. The van der Waals surface area contributed by atoms with E-state index in [1.54, 1.807) is 0 Å². The van der Waals surface area contributed by atoms with Gasteiger partial charge in [0, 0.05) is 18.7 Å². The maximum atomic E-state index is 12.0. The molecule has 1 fully saturated rings. The van der Waals surface area contributed by atoms with Crippen molar-refractivity contribution in [2.24, 2.45) is 5.92 Å². The summed E-state index contributed by atoms with van der Waals surface area (Å²) in [5.74, 6) is 0.863. The van der Waals surface area contributed by atoms with Gasteiger partial charge in [-0.25, -0.2) is 0 Å². The molecule has 1 aromatic rings. The quantitative estimate of drug-likeness (QED) is 0.875. The van der Waals surface area contributed by atoms with Crippen LogP contribution in [0.4, 0.5) is 5.69 Å². The molecule has 1 aliphatic carbocycles. The van der Waals surface area contributed by atoms with Crippen LogP contribution in [0.1, 0.15) is 37.7 Å². The smallest absolute Gasteiger partial charge is 0.220 e. The van der Waals surface area contributed by atoms with Crippen LogP contribution in [0.15, 0.2) is 24.3 Å². The molecular formula is C16H22N2O. The zero-order valence-corrected chi connectivity index (χ0v) is 11.3. The summed E-state index contributed by atoms with van der Waals surface area (Å²) in [4.78, 5) is 12.0. The average Bonchev–Trinajstić information content (AvgIpc) is 2.91. The predicted octanol–water partition coefficient (Wildman–Crippen LogP) is 2.72. The number of hydrogen-bond acceptors (Lipinski definition) is 2. The Kier molecular flexibility index (Phi) is 3.72. The third-order valence-corrected chi connectivity index (χ3v) is 4.34. The Bertz CT molecular complexity index is 452. The van der Waals surface area contributed by atoms with E-state index < -0.39 is 0 Å². The van der Waals surface area contributed by atoms with Gasteiger partial charge >= 0.3 is 0 Å². The van der Waals surface area contributed by atoms with Crippen molar-refractivity contribution >= 4 is 11.6 Å². The molecule has 102 valence electrons. The average molecular weight is 258 g/mol. The first kappa shape index (κ1) is 12.5. The Balaban J connectivity index is 1.52. The second kappa shape index (κ2) is 5.64. The number of carbonyl (C=O) groups is 1. The van der Waals surface area contributed by atoms with Crippen molar-refractivity contribution in [1.29, 1.82) is 0 Å². The Labute approximate surface area is 114 Å². The fourth-order valence-corrected chi connectivity index (χ4v) is 3.31. The van der Waals surface area contributed by atoms with Gasteiger partial charge in [0.2, 0.25) is 5.91 Å². The summed E-state index contributed by atoms with van der Waals surface area (Å²) < 4.78 is 0. The minimum Gasteiger partial charge on any atom is -0.383 e. The van der Waals surface area contributed by atoms with Crippen LogP contribution in [0.5, 0.6) is 0 Å². The summed E-state index contributed by atoms with van der Waals surface area (Å²) in [6, 6.07) is 8.58. The van der Waals surface area contributed by atoms with Gasteiger partial charge < -0.3 is 10.6 Å². The lowest BCUT2D eigenvalue weighted by Crippen LogP contribution is -2.43. The van der Waals surface area contributed by atoms with Crippen molar-refractivity contribution in [2.75, 3.05) is 11.9 Å². The third-order valence-electron chi connectivity index (χ3n) is 4.34. The summed E-state index contributed by atoms with van der Waals surface area (Å²) in [5, 5.41) is 6.58. The fraction of sp³-hybridized carbons (Fsp3) is 0.562. The van der Waals surface area contributed by atoms with Crippen molar-refractivity contribution < 1.29 is 4.79 Å². The van der Waals surface area contributed by atoms with Gasteiger partial charge in [-0.1, -0.05) is 31.0 Å². The molecule has 1 saturated carbocycles. The van der Waals surface area contributed by atoms with Gasteiger partial charge in [-0.15, -0.1) is 0 Å². The van der Waals surface area contributed by atoms with E-state index in [0.717, 1.165) is 19.4 Å². The van der Waals surface area contributed by atoms with Gasteiger partial charge in [-0.3, -0.25) is 4.79 Å². The lowest BCUT2D eigenvalue weighted by molar-refractivity contribution is -0.122. The zero-order valence-electron chi connectivity index (χ0n) is 11.3. The van der Waals surface area contributed by atoms with Gasteiger partial charge in [-0.05, 0) is 36.8 Å². The van der Waals surface area contributed by atoms with Crippen LogP contribution < -0.4 is 10.6 Å². The summed E-state index contributed by atoms with van der Waals surface area (Å²) in [5.41, 5.74) is 2.52. The van der Waals surface area contributed by atoms with Crippen LogP contribution in [-0.2, 0) is 11.2 Å². The van der Waals surface area contributed by atoms with E-state index in [-0.39, 0.29) is 11.9 Å². The van der Waals surface area contributed by atoms with Crippen LogP contribution in [0, 0.1) is 5.92 Å². The van der Waals surface area contributed by atoms with E-state index in [1.165, 1.54) is 36.9 Å². The zero-order chi connectivity index (χ0) is 13.1. The van der Waals surface area contributed by atoms with Crippen molar-refractivity contribution in [3.63, 3.8) is 0 Å². The van der Waals surface area contributed by atoms with Crippen LogP contribution >= 0.6 is 0 Å². The lowest BCUT2D eigenvalue weighted by atomic mass is 9.98. The van der Waals surface area contributed by atoms with Crippen molar-refractivity contribution in [2.45, 2.75) is 44.6 Å². The molecule has 1 aromatic carbocycles. The molecule has 1 amide bonds. The maximum absolute atomic E-state index is 12.0. The highest BCUT2D eigenvalue weighted by Gasteiger charge is 2.22. The van der Waals surface area contributed by atoms with E-state index in [0.29, 0.717) is 5.92 Å². The van der Waals surface area contributed by atoms with E-state index in [9.17, 15) is 4.79 Å². The van der Waals surface area contributed by atoms with Gasteiger partial charge in [0.1, 0.15) is 0 Å². The predicted molar refractivity (Wildman–Crippen MR) is 77.1 cm³/mol. The molecule has 3 nitrogen and oxygen atoms in total. The van der Waals surface area contributed by atoms with Crippen LogP contribution in [0.3, 0.4) is 0 Å². The number of para-hydroxylation sites is 1. The van der Waals surface area contributed by atoms with Crippen molar-refractivity contribution in [3.05, 3.63) is 29.8 Å². The first-order valence-electron chi connectivity index (χ1n) is 7.42. The topological polar surface area (TPSA) is 41.1 Å². The molecule has 1 unspecified atom stereocenters. The Hall–Kier alpha value is -1.51. The second-order valence-electron chi connectivity index (χ2n) is 5.86. The van der Waals surface area contributed by atoms with E-state index >= 15 is 0 Å². The summed E-state index contributed by atoms with van der Waals surface area (Å²) >= 11 is 0. The van der Waals surface area contributed by atoms with E-state index in [2.05, 4.69) is 28.8 Å². The minimum atomic E-state index is 0.234. The number of nitrogens with one attached hydrogen (secondary N) is 2. The first-order chi connectivity index (χ1) is 9.31. The standard InChI is InChI=1S/C16H22N2O/c19-16(9-12-5-1-2-6-12)18-14-10-13-7-3-4-8-15(13)17-11-14/h3-4,7-8,12,14,17H,1-2,5-6,9-11H2,(H,18,19). The summed E-state index contributed by atoms with van der Waals surface area (Å²) in [7, 11) is 0. The summed E-state index contributed by atoms with van der Waals surface area (Å²) in [6.07, 6.45) is 6.74. The van der Waals surface area contributed by atoms with Crippen LogP contribution in [0.2, 0.25) is 0 Å². The minimum absolute atomic E-state index is 0.234. The second-order valence-corrected chi connectivity index (χ2v) is 5.86. The largest absolute Gasteiger partial charge is 0.383 e. The molecule has 19 heavy (non-hydrogen) atoms. The molecule has 1 heterocycles. The van der Waals surface area contributed by atoms with E-state index in [1.807, 2.05) is 6.07 Å². The molecule has 2 N–H and O–H groups in total. The number of carbonyl (C=O) groups excluding carboxylic acids is 1. The highest BCUT2D eigenvalue weighted by atomic mass is 16.1. The van der Waals surface area contributed by atoms with Crippen molar-refractivity contribution in [1.82, 2.24) is 5.32 Å². The molecular weight excluding hydrogens is 236 g/mol. The molecule has 3 heteroatoms. The molecule has 0 aromatic heterocycles. The Morgan fingerprint density at radius 1 is 1.26 bits per heavy atom. The molecule has 0 spiro atoms. The molecule has 1 atom stereocenters. The van der Waals surface area contributed by atoms with Crippen LogP contribution in [0.25, 0.3) is 0 Å². The highest BCUT2D eigenvalue weighted by Crippen LogP contribution is 2.27. The fourth-order valence-electron chi connectivity index (χ4n) is 3.31. The SMILES string of the molecule is O=C(CC1CCCC1)NC1CNc2ccccc2C1. The molecule has 1 aliphatic heterocycles. The normalized spacial score (nSPS) is 22.6. The number of rotatable bonds is 3. The molecule has 3 rings (SSSR count). The molecule has 0 bridgehead atoms. The Morgan fingerprint density at radius 2 is 2.05 bits per heavy atom. The molecule has 0 saturated heterocycles. The number of anilines is 1. The van der Waals surface area contributed by atoms with Gasteiger partial charge in [0.25, 0.3) is 0 Å². The highest BCUT2D eigenvalue weighted by molar-refractivity contribution is 5.76. The summed E-state index contributed by atoms with van der Waals surface area (Å²) in [6.45, 7) is 0.841. The maximum Gasteiger partial charge on any atom is 0.220 e. The lowest BCUT2D eigenvalue weighted by Gasteiger charge is -2.27. The van der Waals surface area contributed by atoms with Crippen LogP contribution in [-0.4, -0.2) is 18.5 Å². The van der Waals surface area contributed by atoms with Crippen molar-refractivity contribution in [3.8, 4) is 0 Å². The van der Waals surface area contributed by atoms with Gasteiger partial charge in [-0.2, -0.15) is 0 Å². The number of hydrogen-bond donors (Lipinski definition) is 2. The number of fused-ring (bicyclic) bond motifs is 1. The third kappa shape index (κ3) is 3.09. The van der Waals surface area contributed by atoms with E-state index in [4.69, 9.17) is 0 Å². The van der Waals surface area contributed by atoms with Gasteiger partial charge in [0.15, 0.2) is 0 Å². The van der Waals surface area contributed by atoms with Gasteiger partial charge in [0.05, 0.1) is 6.04 Å². The molecule has 0 radical (unpaired) electrons.